The highest BCUT2D eigenvalue weighted by atomic mass is 16.5. The monoisotopic (exact) mass is 264 g/mol. The number of carbonyl (C=O) groups excluding carboxylic acids is 2. The normalized spacial score (nSPS) is 13.4. The molecule has 0 saturated carbocycles. The van der Waals surface area contributed by atoms with Crippen LogP contribution >= 0.6 is 0 Å². The van der Waals surface area contributed by atoms with Crippen molar-refractivity contribution in [2.24, 2.45) is 5.73 Å². The minimum Gasteiger partial charge on any atom is -0.464 e. The van der Waals surface area contributed by atoms with Gasteiger partial charge in [0.2, 0.25) is 5.91 Å². The van der Waals surface area contributed by atoms with Gasteiger partial charge in [-0.1, -0.05) is 30.3 Å². The third-order valence-corrected chi connectivity index (χ3v) is 2.58. The van der Waals surface area contributed by atoms with E-state index in [9.17, 15) is 9.59 Å². The van der Waals surface area contributed by atoms with Crippen LogP contribution in [-0.2, 0) is 20.7 Å². The number of hydrogen-bond donors (Lipinski definition) is 2. The van der Waals surface area contributed by atoms with Crippen LogP contribution < -0.4 is 11.1 Å². The van der Waals surface area contributed by atoms with Crippen LogP contribution in [0.15, 0.2) is 30.3 Å². The largest absolute Gasteiger partial charge is 0.464 e. The Morgan fingerprint density at radius 1 is 1.32 bits per heavy atom. The first-order valence-corrected chi connectivity index (χ1v) is 6.31. The zero-order chi connectivity index (χ0) is 14.3. The molecule has 5 heteroatoms. The van der Waals surface area contributed by atoms with Gasteiger partial charge in [0.15, 0.2) is 0 Å². The molecule has 1 rings (SSSR count). The highest BCUT2D eigenvalue weighted by Crippen LogP contribution is 2.05. The Balaban J connectivity index is 2.74. The Bertz CT molecular complexity index is 418. The summed E-state index contributed by atoms with van der Waals surface area (Å²) >= 11 is 0. The fourth-order valence-corrected chi connectivity index (χ4v) is 1.59. The van der Waals surface area contributed by atoms with E-state index in [1.54, 1.807) is 13.8 Å². The van der Waals surface area contributed by atoms with Gasteiger partial charge in [-0.2, -0.15) is 0 Å². The summed E-state index contributed by atoms with van der Waals surface area (Å²) in [4.78, 5) is 23.4. The molecule has 0 aliphatic heterocycles. The number of benzene rings is 1. The Morgan fingerprint density at radius 3 is 2.47 bits per heavy atom. The predicted octanol–water partition coefficient (Wildman–Crippen LogP) is 0.624. The maximum atomic E-state index is 11.8. The molecule has 0 fully saturated rings. The fourth-order valence-electron chi connectivity index (χ4n) is 1.59. The number of nitrogens with two attached hydrogens (primary N) is 1. The molecule has 1 aromatic rings. The van der Waals surface area contributed by atoms with Crippen molar-refractivity contribution in [1.82, 2.24) is 5.32 Å². The average molecular weight is 264 g/mol. The molecule has 0 spiro atoms. The number of amides is 1. The SMILES string of the molecule is CCOC(=O)[C@H](Cc1ccccc1)NC(=O)[C@H](C)N. The van der Waals surface area contributed by atoms with E-state index < -0.39 is 18.1 Å². The second kappa shape index (κ2) is 7.53. The number of esters is 1. The van der Waals surface area contributed by atoms with Crippen LogP contribution in [0.1, 0.15) is 19.4 Å². The van der Waals surface area contributed by atoms with E-state index in [-0.39, 0.29) is 12.5 Å². The molecule has 0 saturated heterocycles. The minimum absolute atomic E-state index is 0.276. The summed E-state index contributed by atoms with van der Waals surface area (Å²) < 4.78 is 4.96. The molecule has 2 atom stereocenters. The average Bonchev–Trinajstić information content (AvgIpc) is 2.39. The molecule has 1 amide bonds. The lowest BCUT2D eigenvalue weighted by atomic mass is 10.1. The minimum atomic E-state index is -0.708. The summed E-state index contributed by atoms with van der Waals surface area (Å²) in [5.41, 5.74) is 6.44. The van der Waals surface area contributed by atoms with Gasteiger partial charge in [0.05, 0.1) is 12.6 Å². The Hall–Kier alpha value is -1.88. The van der Waals surface area contributed by atoms with Gasteiger partial charge < -0.3 is 15.8 Å². The Kier molecular flexibility index (Phi) is 6.02. The van der Waals surface area contributed by atoms with E-state index in [2.05, 4.69) is 5.32 Å². The molecular formula is C14H20N2O3. The molecule has 0 bridgehead atoms. The summed E-state index contributed by atoms with van der Waals surface area (Å²) in [6, 6.07) is 8.07. The van der Waals surface area contributed by atoms with Gasteiger partial charge in [-0.25, -0.2) is 4.79 Å². The molecule has 0 aromatic heterocycles. The van der Waals surface area contributed by atoms with E-state index in [1.807, 2.05) is 30.3 Å². The van der Waals surface area contributed by atoms with Crippen molar-refractivity contribution in [2.75, 3.05) is 6.61 Å². The van der Waals surface area contributed by atoms with Crippen molar-refractivity contribution >= 4 is 11.9 Å². The molecule has 3 N–H and O–H groups in total. The van der Waals surface area contributed by atoms with Gasteiger partial charge >= 0.3 is 5.97 Å². The fraction of sp³-hybridized carbons (Fsp3) is 0.429. The first kappa shape index (κ1) is 15.2. The maximum Gasteiger partial charge on any atom is 0.328 e. The van der Waals surface area contributed by atoms with Crippen molar-refractivity contribution in [1.29, 1.82) is 0 Å². The zero-order valence-electron chi connectivity index (χ0n) is 11.3. The van der Waals surface area contributed by atoms with Crippen molar-refractivity contribution in [3.63, 3.8) is 0 Å². The third-order valence-electron chi connectivity index (χ3n) is 2.58. The molecule has 19 heavy (non-hydrogen) atoms. The van der Waals surface area contributed by atoms with Crippen LogP contribution in [0.2, 0.25) is 0 Å². The number of carbonyl (C=O) groups is 2. The Labute approximate surface area is 113 Å². The molecule has 0 aliphatic rings. The van der Waals surface area contributed by atoms with Gasteiger partial charge in [-0.15, -0.1) is 0 Å². The van der Waals surface area contributed by atoms with Crippen molar-refractivity contribution in [3.8, 4) is 0 Å². The predicted molar refractivity (Wildman–Crippen MR) is 72.4 cm³/mol. The van der Waals surface area contributed by atoms with E-state index >= 15 is 0 Å². The first-order chi connectivity index (χ1) is 9.04. The van der Waals surface area contributed by atoms with Crippen LogP contribution in [0, 0.1) is 0 Å². The smallest absolute Gasteiger partial charge is 0.328 e. The van der Waals surface area contributed by atoms with E-state index in [0.29, 0.717) is 6.42 Å². The van der Waals surface area contributed by atoms with Crippen molar-refractivity contribution in [2.45, 2.75) is 32.4 Å². The summed E-state index contributed by atoms with van der Waals surface area (Å²) in [5, 5.41) is 2.61. The van der Waals surface area contributed by atoms with Gasteiger partial charge in [0, 0.05) is 6.42 Å². The van der Waals surface area contributed by atoms with Crippen LogP contribution in [0.3, 0.4) is 0 Å². The van der Waals surface area contributed by atoms with E-state index in [0.717, 1.165) is 5.56 Å². The first-order valence-electron chi connectivity index (χ1n) is 6.31. The third kappa shape index (κ3) is 5.09. The summed E-state index contributed by atoms with van der Waals surface area (Å²) in [7, 11) is 0. The molecule has 0 heterocycles. The Morgan fingerprint density at radius 2 is 1.95 bits per heavy atom. The van der Waals surface area contributed by atoms with Gasteiger partial charge in [-0.3, -0.25) is 4.79 Å². The van der Waals surface area contributed by atoms with Crippen LogP contribution in [0.5, 0.6) is 0 Å². The molecule has 0 radical (unpaired) electrons. The second-order valence-electron chi connectivity index (χ2n) is 4.29. The molecule has 104 valence electrons. The van der Waals surface area contributed by atoms with E-state index in [1.165, 1.54) is 0 Å². The highest BCUT2D eigenvalue weighted by Gasteiger charge is 2.23. The number of nitrogens with one attached hydrogen (secondary N) is 1. The highest BCUT2D eigenvalue weighted by molar-refractivity contribution is 5.87. The summed E-state index contributed by atoms with van der Waals surface area (Å²) in [6.45, 7) is 3.57. The molecule has 0 aliphatic carbocycles. The summed E-state index contributed by atoms with van der Waals surface area (Å²) in [5.74, 6) is -0.811. The molecular weight excluding hydrogens is 244 g/mol. The van der Waals surface area contributed by atoms with Crippen LogP contribution in [0.25, 0.3) is 0 Å². The molecule has 5 nitrogen and oxygen atoms in total. The lowest BCUT2D eigenvalue weighted by Crippen LogP contribution is -2.48. The molecule has 1 aromatic carbocycles. The lowest BCUT2D eigenvalue weighted by molar-refractivity contribution is -0.147. The summed E-state index contributed by atoms with van der Waals surface area (Å²) in [6.07, 6.45) is 0.387. The van der Waals surface area contributed by atoms with Crippen molar-refractivity contribution in [3.05, 3.63) is 35.9 Å². The number of hydrogen-bond acceptors (Lipinski definition) is 4. The maximum absolute atomic E-state index is 11.8. The molecule has 0 unspecified atom stereocenters. The van der Waals surface area contributed by atoms with E-state index in [4.69, 9.17) is 10.5 Å². The van der Waals surface area contributed by atoms with Crippen LogP contribution in [-0.4, -0.2) is 30.6 Å². The quantitative estimate of drug-likeness (QED) is 0.738. The lowest BCUT2D eigenvalue weighted by Gasteiger charge is -2.18. The van der Waals surface area contributed by atoms with Crippen LogP contribution in [0.4, 0.5) is 0 Å². The number of rotatable bonds is 6. The van der Waals surface area contributed by atoms with Gasteiger partial charge in [0.25, 0.3) is 0 Å². The van der Waals surface area contributed by atoms with Gasteiger partial charge in [0.1, 0.15) is 6.04 Å². The van der Waals surface area contributed by atoms with Gasteiger partial charge in [-0.05, 0) is 19.4 Å². The topological polar surface area (TPSA) is 81.4 Å². The standard InChI is InChI=1S/C14H20N2O3/c1-3-19-14(18)12(16-13(17)10(2)15)9-11-7-5-4-6-8-11/h4-8,10,12H,3,9,15H2,1-2H3,(H,16,17)/t10-,12-/m0/s1. The van der Waals surface area contributed by atoms with Crippen molar-refractivity contribution < 1.29 is 14.3 Å². The zero-order valence-corrected chi connectivity index (χ0v) is 11.3. The second-order valence-corrected chi connectivity index (χ2v) is 4.29. The number of ether oxygens (including phenoxy) is 1.